The average molecular weight is 1040 g/mol. The fourth-order valence-corrected chi connectivity index (χ4v) is 12.4. The maximum atomic E-state index is 7.27. The Morgan fingerprint density at radius 2 is 0.364 bits per heavy atom. The summed E-state index contributed by atoms with van der Waals surface area (Å²) in [6, 6.07) is 27.4. The fraction of sp³-hybridized carbons (Fsp3) is 0. The van der Waals surface area contributed by atoms with Crippen molar-refractivity contribution in [2.24, 2.45) is 0 Å². The van der Waals surface area contributed by atoms with Crippen LogP contribution in [0.15, 0.2) is 84.9 Å². The maximum Gasteiger partial charge on any atom is 0.117 e. The molecule has 0 fully saturated rings. The molecular formula is C60H14B26N2. The minimum absolute atomic E-state index is 0.0197. The summed E-state index contributed by atoms with van der Waals surface area (Å²) in [4.78, 5) is 0. The predicted molar refractivity (Wildman–Crippen MR) is 402 cm³/mol. The number of aromatic nitrogens is 2. The van der Waals surface area contributed by atoms with E-state index in [4.69, 9.17) is 204 Å². The first-order valence-electron chi connectivity index (χ1n) is 26.7. The lowest BCUT2D eigenvalue weighted by Crippen LogP contribution is -2.57. The Bertz CT molecular complexity index is 5030. The van der Waals surface area contributed by atoms with Crippen LogP contribution in [0.1, 0.15) is 0 Å². The van der Waals surface area contributed by atoms with Gasteiger partial charge < -0.3 is 9.13 Å². The topological polar surface area (TPSA) is 9.86 Å². The highest BCUT2D eigenvalue weighted by Gasteiger charge is 2.28. The Kier molecular flexibility index (Phi) is 15.5. The van der Waals surface area contributed by atoms with E-state index >= 15 is 0 Å². The summed E-state index contributed by atoms with van der Waals surface area (Å²) >= 11 is 0. The first-order valence-corrected chi connectivity index (χ1v) is 26.7. The second-order valence-corrected chi connectivity index (χ2v) is 21.6. The largest absolute Gasteiger partial charge is 0.310 e. The van der Waals surface area contributed by atoms with Crippen LogP contribution in [-0.2, 0) is 0 Å². The second-order valence-electron chi connectivity index (χ2n) is 21.6. The van der Waals surface area contributed by atoms with Crippen LogP contribution in [0.3, 0.4) is 0 Å². The zero-order valence-electron chi connectivity index (χ0n) is 47.0. The third-order valence-corrected chi connectivity index (χ3v) is 17.1. The van der Waals surface area contributed by atoms with Gasteiger partial charge in [-0.15, -0.1) is 38.2 Å². The minimum atomic E-state index is -0.0942. The van der Waals surface area contributed by atoms with E-state index in [2.05, 4.69) is 12.1 Å². The van der Waals surface area contributed by atoms with Crippen molar-refractivity contribution in [2.75, 3.05) is 0 Å². The molecule has 88 heavy (non-hydrogen) atoms. The van der Waals surface area contributed by atoms with Crippen molar-refractivity contribution in [1.29, 1.82) is 0 Å². The van der Waals surface area contributed by atoms with Crippen LogP contribution in [0.2, 0.25) is 0 Å². The summed E-state index contributed by atoms with van der Waals surface area (Å²) < 4.78 is 3.79. The molecule has 2 nitrogen and oxygen atoms in total. The third-order valence-electron chi connectivity index (χ3n) is 17.1. The van der Waals surface area contributed by atoms with Crippen molar-refractivity contribution in [3.8, 4) is 67.0 Å². The van der Waals surface area contributed by atoms with E-state index in [9.17, 15) is 0 Å². The molecule has 28 heteroatoms. The molecule has 12 rings (SSSR count). The molecule has 0 amide bonds. The van der Waals surface area contributed by atoms with Gasteiger partial charge in [0.05, 0.1) is 22.1 Å². The van der Waals surface area contributed by atoms with Gasteiger partial charge in [0.25, 0.3) is 0 Å². The summed E-state index contributed by atoms with van der Waals surface area (Å²) in [6.45, 7) is 0. The number of rotatable bonds is 7. The van der Waals surface area contributed by atoms with Crippen LogP contribution in [0.4, 0.5) is 0 Å². The summed E-state index contributed by atoms with van der Waals surface area (Å²) in [5, 5.41) is 3.33. The molecule has 0 saturated carbocycles. The highest BCUT2D eigenvalue weighted by atomic mass is 15.0. The lowest BCUT2D eigenvalue weighted by molar-refractivity contribution is 1.21. The Balaban J connectivity index is 0.995. The Morgan fingerprint density at radius 1 is 0.170 bits per heavy atom. The Morgan fingerprint density at radius 3 is 0.659 bits per heavy atom. The molecule has 0 saturated heterocycles. The van der Waals surface area contributed by atoms with Crippen LogP contribution in [0.25, 0.3) is 111 Å². The van der Waals surface area contributed by atoms with Gasteiger partial charge in [-0.3, -0.25) is 0 Å². The van der Waals surface area contributed by atoms with Crippen LogP contribution >= 0.6 is 0 Å². The Labute approximate surface area is 546 Å². The number of hydrogen-bond donors (Lipinski definition) is 0. The van der Waals surface area contributed by atoms with Gasteiger partial charge in [-0.05, 0) is 92.0 Å². The fourth-order valence-electron chi connectivity index (χ4n) is 12.4. The predicted octanol–water partition coefficient (Wildman–Crippen LogP) is -15.1. The van der Waals surface area contributed by atoms with Crippen LogP contribution in [-0.4, -0.2) is 213 Å². The number of nitrogens with zero attached hydrogens (tertiary/aromatic N) is 2. The van der Waals surface area contributed by atoms with Gasteiger partial charge >= 0.3 is 0 Å². The molecule has 0 spiro atoms. The summed E-state index contributed by atoms with van der Waals surface area (Å²) in [7, 11) is 173. The summed E-state index contributed by atoms with van der Waals surface area (Å²) in [5.41, 5.74) is 4.65. The van der Waals surface area contributed by atoms with E-state index in [1.165, 1.54) is 0 Å². The van der Waals surface area contributed by atoms with Crippen LogP contribution in [0, 0.1) is 0 Å². The molecule has 2 heterocycles. The number of hydrogen-bond acceptors (Lipinski definition) is 0. The molecule has 2 aromatic heterocycles. The molecule has 0 unspecified atom stereocenters. The monoisotopic (exact) mass is 1050 g/mol. The maximum absolute atomic E-state index is 7.27. The molecule has 0 aliphatic rings. The van der Waals surface area contributed by atoms with Gasteiger partial charge in [-0.2, -0.15) is 0 Å². The van der Waals surface area contributed by atoms with E-state index in [0.29, 0.717) is 22.2 Å². The van der Waals surface area contributed by atoms with E-state index in [1.807, 2.05) is 81.9 Å². The van der Waals surface area contributed by atoms with Crippen molar-refractivity contribution in [2.45, 2.75) is 0 Å². The molecular weight excluding hydrogens is 1030 g/mol. The lowest BCUT2D eigenvalue weighted by Gasteiger charge is -2.31. The van der Waals surface area contributed by atoms with Gasteiger partial charge in [0.15, 0.2) is 0 Å². The van der Waals surface area contributed by atoms with E-state index in [0.717, 1.165) is 38.2 Å². The van der Waals surface area contributed by atoms with Crippen molar-refractivity contribution in [3.05, 3.63) is 84.9 Å². The number of para-hydroxylation sites is 2. The van der Waals surface area contributed by atoms with Crippen LogP contribution < -0.4 is 142 Å². The van der Waals surface area contributed by atoms with Crippen LogP contribution in [0.5, 0.6) is 0 Å². The second kappa shape index (κ2) is 22.2. The molecule has 52 radical (unpaired) electrons. The molecule has 0 aliphatic carbocycles. The third kappa shape index (κ3) is 8.68. The Hall–Kier alpha value is -6.51. The normalized spacial score (nSPS) is 11.7. The summed E-state index contributed by atoms with van der Waals surface area (Å²) in [5.74, 6) is 0. The molecule has 0 aliphatic heterocycles. The molecule has 342 valence electrons. The van der Waals surface area contributed by atoms with E-state index in [1.54, 1.807) is 0 Å². The zero-order chi connectivity index (χ0) is 63.6. The van der Waals surface area contributed by atoms with Gasteiger partial charge in [-0.1, -0.05) is 152 Å². The molecule has 0 N–H and O–H groups in total. The van der Waals surface area contributed by atoms with Gasteiger partial charge in [0.1, 0.15) is 204 Å². The number of fused-ring (bicyclic) bond motifs is 6. The van der Waals surface area contributed by atoms with Gasteiger partial charge in [0, 0.05) is 32.9 Å². The molecule has 10 aromatic carbocycles. The highest BCUT2D eigenvalue weighted by molar-refractivity contribution is 6.74. The molecule has 0 atom stereocenters. The SMILES string of the molecule is [B]c1c([B])c([B])c(-c2c([B])c([B])c(-c3c([B])c([B])c(-n4c5ccccc5c5cc(-c6ccc7c(c6)c6ccccc6n7-c6c([B])c([B])c([B])c(-c7c([B])c([B])c(-c8c([B])c([B])c([B])c([B])c8[B])c([B])c7[B])c6[B])ccc54)c([B])c3[B])c([B])c2[B])c([B])c1[B]. The quantitative estimate of drug-likeness (QED) is 0.141. The smallest absolute Gasteiger partial charge is 0.117 e. The lowest BCUT2D eigenvalue weighted by atomic mass is 9.55. The minimum Gasteiger partial charge on any atom is -0.310 e. The number of benzene rings is 10. The standard InChI is InChI=1S/C60H14B26N2/c61-33-25(28-41(69)49(77)54(82)50(78)42(28)70)34(62)38(66)27(37(33)65)30-46(74)56(84)60(57(85)47(30)75)88-22-8-4-2-6-18(22)20-14-16(10-12-24(20)88)15-9-11-23-19(13-15)17-5-1-3-7-21(17)87(23)59-48(76)32(45(73)53(81)58(59)86)31-39(67)35(63)26(36(64)40(31)68)29-43(71)51(79)55(83)52(80)44(29)72/h1-14H. The summed E-state index contributed by atoms with van der Waals surface area (Å²) in [6.07, 6.45) is 0. The average Bonchev–Trinajstić information content (AvgIpc) is 1.51. The van der Waals surface area contributed by atoms with E-state index < -0.39 is 0 Å². The van der Waals surface area contributed by atoms with E-state index in [-0.39, 0.29) is 192 Å². The zero-order valence-corrected chi connectivity index (χ0v) is 47.0. The van der Waals surface area contributed by atoms with Crippen molar-refractivity contribution < 1.29 is 0 Å². The van der Waals surface area contributed by atoms with Crippen molar-refractivity contribution in [3.63, 3.8) is 0 Å². The molecule has 0 bridgehead atoms. The first-order chi connectivity index (χ1) is 41.6. The van der Waals surface area contributed by atoms with Gasteiger partial charge in [-0.25, -0.2) is 0 Å². The highest BCUT2D eigenvalue weighted by Crippen LogP contribution is 2.38. The van der Waals surface area contributed by atoms with Crippen molar-refractivity contribution in [1.82, 2.24) is 9.13 Å². The van der Waals surface area contributed by atoms with Crippen molar-refractivity contribution >= 4 is 390 Å². The first kappa shape index (κ1) is 61.7. The molecule has 12 aromatic rings. The van der Waals surface area contributed by atoms with Gasteiger partial charge in [0.2, 0.25) is 0 Å².